The molecule has 0 amide bonds. The van der Waals surface area contributed by atoms with Crippen molar-refractivity contribution in [1.29, 1.82) is 0 Å². The topological polar surface area (TPSA) is 156 Å². The number of aliphatic imine (C=N–C) groups is 1. The van der Waals surface area contributed by atoms with Crippen LogP contribution < -0.4 is 15.6 Å². The SMILES string of the molecule is CCOc1ccc(NNC2=NC(CO)(CO)COC2=O)c([N+](=O)[O-])c1. The van der Waals surface area contributed by atoms with Crippen LogP contribution in [0, 0.1) is 10.1 Å². The van der Waals surface area contributed by atoms with Crippen molar-refractivity contribution in [1.82, 2.24) is 5.43 Å². The van der Waals surface area contributed by atoms with Crippen LogP contribution in [0.3, 0.4) is 0 Å². The van der Waals surface area contributed by atoms with E-state index in [0.29, 0.717) is 12.4 Å². The first kappa shape index (κ1) is 18.4. The second-order valence-corrected chi connectivity index (χ2v) is 5.20. The highest BCUT2D eigenvalue weighted by Gasteiger charge is 2.37. The Morgan fingerprint density at radius 2 is 2.12 bits per heavy atom. The molecule has 1 aliphatic rings. The minimum absolute atomic E-state index is 0.0631. The maximum atomic E-state index is 11.7. The van der Waals surface area contributed by atoms with E-state index < -0.39 is 29.6 Å². The first-order chi connectivity index (χ1) is 11.9. The Hall–Kier alpha value is -2.92. The molecule has 0 aliphatic carbocycles. The highest BCUT2D eigenvalue weighted by atomic mass is 16.6. The zero-order valence-corrected chi connectivity index (χ0v) is 13.4. The van der Waals surface area contributed by atoms with Gasteiger partial charge in [-0.3, -0.25) is 21.0 Å². The highest BCUT2D eigenvalue weighted by Crippen LogP contribution is 2.28. The Morgan fingerprint density at radius 3 is 2.72 bits per heavy atom. The van der Waals surface area contributed by atoms with Crippen LogP contribution in [0.15, 0.2) is 23.2 Å². The van der Waals surface area contributed by atoms with Crippen molar-refractivity contribution in [3.05, 3.63) is 28.3 Å². The van der Waals surface area contributed by atoms with E-state index >= 15 is 0 Å². The zero-order valence-electron chi connectivity index (χ0n) is 13.4. The number of hydrogen-bond acceptors (Lipinski definition) is 10. The number of aliphatic hydroxyl groups is 2. The maximum absolute atomic E-state index is 11.7. The van der Waals surface area contributed by atoms with Crippen molar-refractivity contribution in [2.24, 2.45) is 4.99 Å². The number of ether oxygens (including phenoxy) is 2. The second-order valence-electron chi connectivity index (χ2n) is 5.20. The molecule has 1 aromatic rings. The van der Waals surface area contributed by atoms with E-state index in [-0.39, 0.29) is 23.8 Å². The molecule has 0 fully saturated rings. The molecule has 1 aliphatic heterocycles. The summed E-state index contributed by atoms with van der Waals surface area (Å²) in [5.74, 6) is -0.815. The summed E-state index contributed by atoms with van der Waals surface area (Å²) in [5, 5.41) is 29.8. The van der Waals surface area contributed by atoms with Crippen LogP contribution in [0.5, 0.6) is 5.75 Å². The summed E-state index contributed by atoms with van der Waals surface area (Å²) in [5.41, 5.74) is 3.35. The van der Waals surface area contributed by atoms with E-state index in [4.69, 9.17) is 9.47 Å². The molecule has 0 atom stereocenters. The number of carbonyl (C=O) groups excluding carboxylic acids is 1. The Balaban J connectivity index is 2.21. The summed E-state index contributed by atoms with van der Waals surface area (Å²) in [7, 11) is 0. The van der Waals surface area contributed by atoms with Crippen LogP contribution in [0.2, 0.25) is 0 Å². The number of nitro benzene ring substituents is 1. The van der Waals surface area contributed by atoms with Crippen molar-refractivity contribution in [2.75, 3.05) is 31.9 Å². The van der Waals surface area contributed by atoms with E-state index in [2.05, 4.69) is 15.8 Å². The number of amidine groups is 1. The van der Waals surface area contributed by atoms with Gasteiger partial charge in [0.05, 0.1) is 30.8 Å². The summed E-state index contributed by atoms with van der Waals surface area (Å²) in [6.07, 6.45) is 0. The minimum atomic E-state index is -1.36. The molecule has 0 saturated heterocycles. The molecule has 0 spiro atoms. The average molecular weight is 354 g/mol. The van der Waals surface area contributed by atoms with Crippen molar-refractivity contribution >= 4 is 23.2 Å². The predicted octanol–water partition coefficient (Wildman–Crippen LogP) is -0.411. The lowest BCUT2D eigenvalue weighted by Gasteiger charge is -2.29. The third kappa shape index (κ3) is 4.14. The van der Waals surface area contributed by atoms with Crippen molar-refractivity contribution < 1.29 is 29.4 Å². The number of hydrogen-bond donors (Lipinski definition) is 4. The number of aliphatic hydroxyl groups excluding tert-OH is 2. The van der Waals surface area contributed by atoms with Gasteiger partial charge in [0.25, 0.3) is 5.69 Å². The van der Waals surface area contributed by atoms with Crippen LogP contribution in [-0.4, -0.2) is 58.9 Å². The Labute approximate surface area is 142 Å². The summed E-state index contributed by atoms with van der Waals surface area (Å²) >= 11 is 0. The lowest BCUT2D eigenvalue weighted by atomic mass is 10.0. The fourth-order valence-electron chi connectivity index (χ4n) is 2.03. The minimum Gasteiger partial charge on any atom is -0.494 e. The number of nitrogens with zero attached hydrogens (tertiary/aromatic N) is 2. The normalized spacial score (nSPS) is 15.8. The molecule has 1 aromatic carbocycles. The smallest absolute Gasteiger partial charge is 0.375 e. The standard InChI is InChI=1S/C14H18N4O7/c1-2-24-9-3-4-10(11(5-9)18(22)23)16-17-12-13(21)25-8-14(6-19,7-20)15-12/h3-5,16,19-20H,2,6-8H2,1H3,(H,15,17). The lowest BCUT2D eigenvalue weighted by Crippen LogP contribution is -2.51. The van der Waals surface area contributed by atoms with E-state index in [1.807, 2.05) is 0 Å². The maximum Gasteiger partial charge on any atom is 0.375 e. The molecule has 0 unspecified atom stereocenters. The van der Waals surface area contributed by atoms with E-state index in [9.17, 15) is 25.1 Å². The average Bonchev–Trinajstić information content (AvgIpc) is 2.62. The van der Waals surface area contributed by atoms with Gasteiger partial charge < -0.3 is 19.7 Å². The van der Waals surface area contributed by atoms with Gasteiger partial charge in [0.2, 0.25) is 5.84 Å². The van der Waals surface area contributed by atoms with E-state index in [0.717, 1.165) is 0 Å². The molecule has 0 aromatic heterocycles. The second kappa shape index (κ2) is 7.77. The molecule has 25 heavy (non-hydrogen) atoms. The number of carbonyl (C=O) groups is 1. The lowest BCUT2D eigenvalue weighted by molar-refractivity contribution is -0.384. The van der Waals surface area contributed by atoms with Gasteiger partial charge >= 0.3 is 5.97 Å². The molecule has 1 heterocycles. The Bertz CT molecular complexity index is 688. The number of nitro groups is 1. The fraction of sp³-hybridized carbons (Fsp3) is 0.429. The number of esters is 1. The van der Waals surface area contributed by atoms with Crippen LogP contribution in [0.1, 0.15) is 6.92 Å². The molecule has 0 bridgehead atoms. The molecule has 11 nitrogen and oxygen atoms in total. The Morgan fingerprint density at radius 1 is 1.40 bits per heavy atom. The monoisotopic (exact) mass is 354 g/mol. The molecule has 0 saturated carbocycles. The van der Waals surface area contributed by atoms with Crippen molar-refractivity contribution in [3.63, 3.8) is 0 Å². The van der Waals surface area contributed by atoms with Gasteiger partial charge in [-0.05, 0) is 19.1 Å². The first-order valence-electron chi connectivity index (χ1n) is 7.36. The highest BCUT2D eigenvalue weighted by molar-refractivity contribution is 6.36. The third-order valence-corrected chi connectivity index (χ3v) is 3.40. The first-order valence-corrected chi connectivity index (χ1v) is 7.36. The quantitative estimate of drug-likeness (QED) is 0.290. The molecule has 2 rings (SSSR count). The van der Waals surface area contributed by atoms with Crippen molar-refractivity contribution in [2.45, 2.75) is 12.5 Å². The third-order valence-electron chi connectivity index (χ3n) is 3.40. The van der Waals surface area contributed by atoms with E-state index in [1.54, 1.807) is 6.92 Å². The number of hydrazine groups is 1. The molecular formula is C14H18N4O7. The van der Waals surface area contributed by atoms with Crippen LogP contribution >= 0.6 is 0 Å². The molecule has 4 N–H and O–H groups in total. The predicted molar refractivity (Wildman–Crippen MR) is 86.3 cm³/mol. The van der Waals surface area contributed by atoms with Crippen LogP contribution in [0.4, 0.5) is 11.4 Å². The number of benzene rings is 1. The van der Waals surface area contributed by atoms with Gasteiger partial charge in [-0.15, -0.1) is 0 Å². The Kier molecular flexibility index (Phi) is 5.72. The van der Waals surface area contributed by atoms with E-state index in [1.165, 1.54) is 18.2 Å². The number of anilines is 1. The van der Waals surface area contributed by atoms with Crippen LogP contribution in [-0.2, 0) is 9.53 Å². The summed E-state index contributed by atoms with van der Waals surface area (Å²) in [4.78, 5) is 26.2. The molecule has 136 valence electrons. The van der Waals surface area contributed by atoms with Gasteiger partial charge in [-0.1, -0.05) is 0 Å². The van der Waals surface area contributed by atoms with Gasteiger partial charge in [0.15, 0.2) is 0 Å². The molecular weight excluding hydrogens is 336 g/mol. The number of cyclic esters (lactones) is 1. The van der Waals surface area contributed by atoms with Gasteiger partial charge in [-0.2, -0.15) is 0 Å². The summed E-state index contributed by atoms with van der Waals surface area (Å²) in [6.45, 7) is 0.764. The largest absolute Gasteiger partial charge is 0.494 e. The van der Waals surface area contributed by atoms with Crippen molar-refractivity contribution in [3.8, 4) is 5.75 Å². The zero-order chi connectivity index (χ0) is 18.4. The van der Waals surface area contributed by atoms with Gasteiger partial charge in [0, 0.05) is 0 Å². The summed E-state index contributed by atoms with van der Waals surface area (Å²) < 4.78 is 10.1. The number of rotatable bonds is 7. The van der Waals surface area contributed by atoms with Gasteiger partial charge in [-0.25, -0.2) is 9.79 Å². The molecule has 11 heteroatoms. The van der Waals surface area contributed by atoms with Gasteiger partial charge in [0.1, 0.15) is 23.6 Å². The van der Waals surface area contributed by atoms with Crippen LogP contribution in [0.25, 0.3) is 0 Å². The molecule has 0 radical (unpaired) electrons. The fourth-order valence-corrected chi connectivity index (χ4v) is 2.03. The number of nitrogens with one attached hydrogen (secondary N) is 2. The summed E-state index contributed by atoms with van der Waals surface area (Å²) in [6, 6.07) is 4.16.